The summed E-state index contributed by atoms with van der Waals surface area (Å²) in [5.41, 5.74) is 8.94. The van der Waals surface area contributed by atoms with Gasteiger partial charge in [-0.3, -0.25) is 19.5 Å². The van der Waals surface area contributed by atoms with Gasteiger partial charge in [0.15, 0.2) is 0 Å². The van der Waals surface area contributed by atoms with Crippen LogP contribution in [0, 0.1) is 6.92 Å². The van der Waals surface area contributed by atoms with Gasteiger partial charge >= 0.3 is 0 Å². The van der Waals surface area contributed by atoms with Gasteiger partial charge < -0.3 is 15.1 Å². The third-order valence-electron chi connectivity index (χ3n) is 8.10. The highest BCUT2D eigenvalue weighted by Gasteiger charge is 2.23. The van der Waals surface area contributed by atoms with Gasteiger partial charge in [-0.25, -0.2) is 0 Å². The smallest absolute Gasteiger partial charge is 0.253 e. The first-order chi connectivity index (χ1) is 20.0. The van der Waals surface area contributed by atoms with Gasteiger partial charge in [0.25, 0.3) is 5.91 Å². The number of nitrogens with one attached hydrogen (secondary N) is 1. The summed E-state index contributed by atoms with van der Waals surface area (Å²) < 4.78 is 0. The average Bonchev–Trinajstić information content (AvgIpc) is 2.98. The topological polar surface area (TPSA) is 68.8 Å². The zero-order valence-electron chi connectivity index (χ0n) is 27.0. The Bertz CT molecular complexity index is 1330. The number of piperidine rings is 1. The quantitative estimate of drug-likeness (QED) is 0.435. The van der Waals surface area contributed by atoms with Crippen molar-refractivity contribution < 1.29 is 9.59 Å². The molecule has 0 saturated carbocycles. The summed E-state index contributed by atoms with van der Waals surface area (Å²) in [5.74, 6) is 0.528. The van der Waals surface area contributed by atoms with E-state index in [0.717, 1.165) is 66.1 Å². The Morgan fingerprint density at radius 3 is 2.29 bits per heavy atom. The summed E-state index contributed by atoms with van der Waals surface area (Å²) in [6, 6.07) is 10.3. The standard InChI is InChI=1S/C33H43N5O2.C2H6/c1-22(21-38-18-15-27(16-19-38)26-8-10-28(11-9-26)33(40)36(5)6)20-31-23(2)34-17-14-30(31)29-12-13-32(35-25(4)39)37(7)24(29)3;1-2/h8-14,17,20,27,32H,15-16,18-19,21H2,1-7H3,(H,35,39);1-2H3/b22-20+;. The van der Waals surface area contributed by atoms with Crippen molar-refractivity contribution >= 4 is 23.5 Å². The Kier molecular flexibility index (Phi) is 11.7. The fourth-order valence-corrected chi connectivity index (χ4v) is 5.69. The summed E-state index contributed by atoms with van der Waals surface area (Å²) >= 11 is 0. The SMILES string of the molecule is CC.CC(=O)NC1C=CC(c2ccnc(C)c2/C=C(\C)CN2CCC(c3ccc(C(=O)N(C)C)cc3)CC2)=C(C)N1C. The van der Waals surface area contributed by atoms with Crippen molar-refractivity contribution in [2.75, 3.05) is 40.8 Å². The van der Waals surface area contributed by atoms with E-state index in [0.29, 0.717) is 5.92 Å². The third kappa shape index (κ3) is 7.97. The number of carbonyl (C=O) groups is 2. The molecule has 1 saturated heterocycles. The highest BCUT2D eigenvalue weighted by atomic mass is 16.2. The number of allylic oxidation sites excluding steroid dienone is 3. The van der Waals surface area contributed by atoms with Crippen molar-refractivity contribution in [2.24, 2.45) is 0 Å². The maximum atomic E-state index is 12.2. The van der Waals surface area contributed by atoms with Gasteiger partial charge in [0.1, 0.15) is 6.17 Å². The van der Waals surface area contributed by atoms with E-state index in [-0.39, 0.29) is 18.0 Å². The van der Waals surface area contributed by atoms with Gasteiger partial charge in [-0.05, 0) is 88.0 Å². The molecule has 4 rings (SSSR count). The van der Waals surface area contributed by atoms with Gasteiger partial charge in [-0.2, -0.15) is 0 Å². The normalized spacial score (nSPS) is 18.0. The Morgan fingerprint density at radius 2 is 1.69 bits per heavy atom. The zero-order valence-corrected chi connectivity index (χ0v) is 27.0. The lowest BCUT2D eigenvalue weighted by atomic mass is 9.88. The molecule has 1 atom stereocenters. The molecule has 0 spiro atoms. The Morgan fingerprint density at radius 1 is 1.05 bits per heavy atom. The van der Waals surface area contributed by atoms with Crippen molar-refractivity contribution in [3.8, 4) is 0 Å². The molecule has 1 aromatic carbocycles. The molecular weight excluding hydrogens is 522 g/mol. The van der Waals surface area contributed by atoms with Crippen molar-refractivity contribution in [3.63, 3.8) is 0 Å². The molecule has 2 amide bonds. The Hall–Kier alpha value is -3.71. The lowest BCUT2D eigenvalue weighted by Gasteiger charge is -2.34. The number of rotatable bonds is 7. The number of pyridine rings is 1. The van der Waals surface area contributed by atoms with Crippen LogP contribution in [0.4, 0.5) is 0 Å². The summed E-state index contributed by atoms with van der Waals surface area (Å²) in [6.07, 6.45) is 10.4. The molecule has 2 aromatic rings. The Balaban J connectivity index is 0.00000237. The summed E-state index contributed by atoms with van der Waals surface area (Å²) in [4.78, 5) is 34.7. The molecule has 2 aliphatic rings. The largest absolute Gasteiger partial charge is 0.354 e. The highest BCUT2D eigenvalue weighted by Crippen LogP contribution is 2.32. The predicted molar refractivity (Wildman–Crippen MR) is 174 cm³/mol. The van der Waals surface area contributed by atoms with Crippen LogP contribution in [0.5, 0.6) is 0 Å². The number of likely N-dealkylation sites (tertiary alicyclic amines) is 1. The van der Waals surface area contributed by atoms with Crippen LogP contribution in [0.3, 0.4) is 0 Å². The summed E-state index contributed by atoms with van der Waals surface area (Å²) in [5, 5.41) is 2.98. The predicted octanol–water partition coefficient (Wildman–Crippen LogP) is 6.10. The number of amides is 2. The molecule has 1 fully saturated rings. The minimum absolute atomic E-state index is 0.0443. The minimum Gasteiger partial charge on any atom is -0.354 e. The van der Waals surface area contributed by atoms with Gasteiger partial charge in [0, 0.05) is 68.9 Å². The number of carbonyl (C=O) groups excluding carboxylic acids is 2. The molecule has 2 aliphatic heterocycles. The summed E-state index contributed by atoms with van der Waals surface area (Å²) in [6.45, 7) is 14.9. The monoisotopic (exact) mass is 571 g/mol. The van der Waals surface area contributed by atoms with E-state index >= 15 is 0 Å². The van der Waals surface area contributed by atoms with Crippen molar-refractivity contribution in [2.45, 2.75) is 66.5 Å². The summed E-state index contributed by atoms with van der Waals surface area (Å²) in [7, 11) is 5.58. The molecule has 7 heteroatoms. The first-order valence-electron chi connectivity index (χ1n) is 15.1. The van der Waals surface area contributed by atoms with E-state index in [2.05, 4.69) is 71.2 Å². The Labute approximate surface area is 253 Å². The van der Waals surface area contributed by atoms with E-state index in [1.165, 1.54) is 11.1 Å². The van der Waals surface area contributed by atoms with Gasteiger partial charge in [0.05, 0.1) is 0 Å². The van der Waals surface area contributed by atoms with E-state index in [1.54, 1.807) is 25.9 Å². The highest BCUT2D eigenvalue weighted by molar-refractivity contribution is 5.93. The van der Waals surface area contributed by atoms with Crippen LogP contribution in [0.1, 0.15) is 86.1 Å². The molecule has 226 valence electrons. The van der Waals surface area contributed by atoms with Gasteiger partial charge in [0.2, 0.25) is 5.91 Å². The van der Waals surface area contributed by atoms with Crippen LogP contribution in [0.15, 0.2) is 60.0 Å². The molecule has 1 N–H and O–H groups in total. The second kappa shape index (κ2) is 15.0. The van der Waals surface area contributed by atoms with Crippen LogP contribution in [-0.4, -0.2) is 78.4 Å². The second-order valence-corrected chi connectivity index (χ2v) is 11.3. The molecule has 42 heavy (non-hydrogen) atoms. The number of aryl methyl sites for hydroxylation is 1. The first kappa shape index (κ1) is 32.8. The lowest BCUT2D eigenvalue weighted by Crippen LogP contribution is -2.44. The van der Waals surface area contributed by atoms with E-state index < -0.39 is 0 Å². The molecule has 1 unspecified atom stereocenters. The van der Waals surface area contributed by atoms with Gasteiger partial charge in [-0.1, -0.05) is 43.7 Å². The minimum atomic E-state index is -0.147. The van der Waals surface area contributed by atoms with E-state index in [9.17, 15) is 9.59 Å². The number of hydrogen-bond acceptors (Lipinski definition) is 5. The van der Waals surface area contributed by atoms with E-state index in [1.807, 2.05) is 45.3 Å². The number of nitrogens with zero attached hydrogens (tertiary/aromatic N) is 4. The van der Waals surface area contributed by atoms with Crippen LogP contribution in [0.25, 0.3) is 11.6 Å². The molecule has 0 aliphatic carbocycles. The fourth-order valence-electron chi connectivity index (χ4n) is 5.69. The second-order valence-electron chi connectivity index (χ2n) is 11.3. The fraction of sp³-hybridized carbons (Fsp3) is 0.457. The number of hydrogen-bond donors (Lipinski definition) is 1. The lowest BCUT2D eigenvalue weighted by molar-refractivity contribution is -0.120. The van der Waals surface area contributed by atoms with Crippen LogP contribution < -0.4 is 5.32 Å². The van der Waals surface area contributed by atoms with Crippen molar-refractivity contribution in [1.29, 1.82) is 0 Å². The number of benzene rings is 1. The average molecular weight is 572 g/mol. The maximum Gasteiger partial charge on any atom is 0.253 e. The first-order valence-corrected chi connectivity index (χ1v) is 15.1. The number of aromatic nitrogens is 1. The molecule has 0 radical (unpaired) electrons. The van der Waals surface area contributed by atoms with Crippen molar-refractivity contribution in [1.82, 2.24) is 25.0 Å². The van der Waals surface area contributed by atoms with Crippen LogP contribution in [0.2, 0.25) is 0 Å². The molecule has 3 heterocycles. The molecule has 7 nitrogen and oxygen atoms in total. The molecular formula is C35H49N5O2. The zero-order chi connectivity index (χ0) is 31.0. The third-order valence-corrected chi connectivity index (χ3v) is 8.10. The van der Waals surface area contributed by atoms with Crippen LogP contribution in [-0.2, 0) is 4.79 Å². The number of likely N-dealkylation sites (N-methyl/N-ethyl adjacent to an activating group) is 1. The van der Waals surface area contributed by atoms with Crippen molar-refractivity contribution in [3.05, 3.63) is 87.9 Å². The maximum absolute atomic E-state index is 12.2. The van der Waals surface area contributed by atoms with Crippen LogP contribution >= 0.6 is 0 Å². The van der Waals surface area contributed by atoms with E-state index in [4.69, 9.17) is 0 Å². The van der Waals surface area contributed by atoms with Gasteiger partial charge in [-0.15, -0.1) is 0 Å². The molecule has 1 aromatic heterocycles. The molecule has 0 bridgehead atoms.